The zero-order valence-corrected chi connectivity index (χ0v) is 14.7. The first kappa shape index (κ1) is 17.4. The molecule has 0 atom stereocenters. The average molecular weight is 344 g/mol. The molecule has 1 amide bonds. The normalized spacial score (nSPS) is 15.9. The van der Waals surface area contributed by atoms with Crippen molar-refractivity contribution >= 4 is 5.91 Å². The van der Waals surface area contributed by atoms with Crippen LogP contribution in [0.3, 0.4) is 0 Å². The van der Waals surface area contributed by atoms with Crippen LogP contribution in [0.4, 0.5) is 0 Å². The van der Waals surface area contributed by atoms with Gasteiger partial charge in [-0.3, -0.25) is 9.69 Å². The molecule has 0 aliphatic carbocycles. The summed E-state index contributed by atoms with van der Waals surface area (Å²) in [6.07, 6.45) is 1.70. The van der Waals surface area contributed by atoms with Crippen molar-refractivity contribution in [3.8, 4) is 5.75 Å². The fourth-order valence-corrected chi connectivity index (χ4v) is 3.04. The number of likely N-dealkylation sites (tertiary alicyclic amines) is 1. The Kier molecular flexibility index (Phi) is 5.65. The molecule has 0 spiro atoms. The SMILES string of the molecule is COc1ccc(CNC(=O)C2CCN(Cc3noc(C)n3)CC2)cc1. The minimum absolute atomic E-state index is 0.0708. The van der Waals surface area contributed by atoms with Gasteiger partial charge in [0.15, 0.2) is 5.82 Å². The molecule has 25 heavy (non-hydrogen) atoms. The molecule has 2 aromatic rings. The summed E-state index contributed by atoms with van der Waals surface area (Å²) in [5.41, 5.74) is 1.07. The number of nitrogens with one attached hydrogen (secondary N) is 1. The van der Waals surface area contributed by atoms with Crippen molar-refractivity contribution in [3.63, 3.8) is 0 Å². The van der Waals surface area contributed by atoms with Crippen molar-refractivity contribution in [1.29, 1.82) is 0 Å². The Bertz CT molecular complexity index is 691. The lowest BCUT2D eigenvalue weighted by Gasteiger charge is -2.30. The summed E-state index contributed by atoms with van der Waals surface area (Å²) >= 11 is 0. The fraction of sp³-hybridized carbons (Fsp3) is 0.500. The molecule has 3 rings (SSSR count). The van der Waals surface area contributed by atoms with Gasteiger partial charge in [-0.25, -0.2) is 0 Å². The van der Waals surface area contributed by atoms with Gasteiger partial charge >= 0.3 is 0 Å². The van der Waals surface area contributed by atoms with Crippen LogP contribution < -0.4 is 10.1 Å². The maximum absolute atomic E-state index is 12.4. The molecule has 7 heteroatoms. The van der Waals surface area contributed by atoms with Gasteiger partial charge in [0.1, 0.15) is 5.75 Å². The molecule has 1 aliphatic rings. The number of methoxy groups -OCH3 is 1. The number of aryl methyl sites for hydroxylation is 1. The van der Waals surface area contributed by atoms with Crippen LogP contribution in [-0.2, 0) is 17.9 Å². The number of hydrogen-bond acceptors (Lipinski definition) is 6. The first-order valence-electron chi connectivity index (χ1n) is 8.56. The van der Waals surface area contributed by atoms with Crippen LogP contribution in [0.1, 0.15) is 30.1 Å². The van der Waals surface area contributed by atoms with Gasteiger partial charge in [0.2, 0.25) is 11.8 Å². The monoisotopic (exact) mass is 344 g/mol. The number of ether oxygens (including phenoxy) is 1. The van der Waals surface area contributed by atoms with Gasteiger partial charge in [-0.15, -0.1) is 0 Å². The Labute approximate surface area is 147 Å². The van der Waals surface area contributed by atoms with Crippen LogP contribution in [0.15, 0.2) is 28.8 Å². The quantitative estimate of drug-likeness (QED) is 0.862. The average Bonchev–Trinajstić information content (AvgIpc) is 3.05. The van der Waals surface area contributed by atoms with Gasteiger partial charge in [0, 0.05) is 19.4 Å². The molecule has 1 N–H and O–H groups in total. The number of carbonyl (C=O) groups is 1. The van der Waals surface area contributed by atoms with Crippen LogP contribution in [0.25, 0.3) is 0 Å². The zero-order valence-electron chi connectivity index (χ0n) is 14.7. The minimum atomic E-state index is 0.0708. The first-order chi connectivity index (χ1) is 12.1. The van der Waals surface area contributed by atoms with E-state index >= 15 is 0 Å². The number of carbonyl (C=O) groups excluding carboxylic acids is 1. The summed E-state index contributed by atoms with van der Waals surface area (Å²) in [6.45, 7) is 4.75. The zero-order chi connectivity index (χ0) is 17.6. The third-order valence-corrected chi connectivity index (χ3v) is 4.52. The van der Waals surface area contributed by atoms with E-state index in [9.17, 15) is 4.79 Å². The maximum atomic E-state index is 12.4. The highest BCUT2D eigenvalue weighted by Gasteiger charge is 2.25. The predicted molar refractivity (Wildman–Crippen MR) is 91.9 cm³/mol. The van der Waals surface area contributed by atoms with E-state index < -0.39 is 0 Å². The summed E-state index contributed by atoms with van der Waals surface area (Å²) in [6, 6.07) is 7.74. The van der Waals surface area contributed by atoms with Gasteiger partial charge < -0.3 is 14.6 Å². The molecular weight excluding hydrogens is 320 g/mol. The van der Waals surface area contributed by atoms with Crippen LogP contribution >= 0.6 is 0 Å². The van der Waals surface area contributed by atoms with E-state index in [1.807, 2.05) is 24.3 Å². The molecule has 2 heterocycles. The van der Waals surface area contributed by atoms with E-state index in [1.54, 1.807) is 14.0 Å². The lowest BCUT2D eigenvalue weighted by Crippen LogP contribution is -2.40. The smallest absolute Gasteiger partial charge is 0.223 e. The summed E-state index contributed by atoms with van der Waals surface area (Å²) in [5.74, 6) is 2.31. The molecule has 0 saturated carbocycles. The number of nitrogens with zero attached hydrogens (tertiary/aromatic N) is 3. The predicted octanol–water partition coefficient (Wildman–Crippen LogP) is 1.92. The fourth-order valence-electron chi connectivity index (χ4n) is 3.04. The maximum Gasteiger partial charge on any atom is 0.223 e. The van der Waals surface area contributed by atoms with E-state index in [1.165, 1.54) is 0 Å². The van der Waals surface area contributed by atoms with Crippen molar-refractivity contribution in [3.05, 3.63) is 41.5 Å². The highest BCUT2D eigenvalue weighted by molar-refractivity contribution is 5.78. The summed E-state index contributed by atoms with van der Waals surface area (Å²) in [7, 11) is 1.64. The molecule has 0 bridgehead atoms. The molecule has 7 nitrogen and oxygen atoms in total. The molecule has 0 unspecified atom stereocenters. The van der Waals surface area contributed by atoms with Crippen molar-refractivity contribution in [1.82, 2.24) is 20.4 Å². The molecule has 134 valence electrons. The van der Waals surface area contributed by atoms with Crippen LogP contribution in [0, 0.1) is 12.8 Å². The second kappa shape index (κ2) is 8.11. The van der Waals surface area contributed by atoms with E-state index in [4.69, 9.17) is 9.26 Å². The van der Waals surface area contributed by atoms with E-state index in [0.717, 1.165) is 37.2 Å². The Balaban J connectivity index is 1.41. The van der Waals surface area contributed by atoms with E-state index in [-0.39, 0.29) is 11.8 Å². The van der Waals surface area contributed by atoms with Gasteiger partial charge in [-0.2, -0.15) is 4.98 Å². The standard InChI is InChI=1S/C18H24N4O3/c1-13-20-17(21-25-13)12-22-9-7-15(8-10-22)18(23)19-11-14-3-5-16(24-2)6-4-14/h3-6,15H,7-12H2,1-2H3,(H,19,23). The molecule has 1 aromatic heterocycles. The third-order valence-electron chi connectivity index (χ3n) is 4.52. The number of benzene rings is 1. The Morgan fingerprint density at radius 2 is 2.04 bits per heavy atom. The lowest BCUT2D eigenvalue weighted by molar-refractivity contribution is -0.126. The summed E-state index contributed by atoms with van der Waals surface area (Å²) < 4.78 is 10.1. The van der Waals surface area contributed by atoms with Crippen molar-refractivity contribution in [2.75, 3.05) is 20.2 Å². The topological polar surface area (TPSA) is 80.5 Å². The minimum Gasteiger partial charge on any atom is -0.497 e. The van der Waals surface area contributed by atoms with E-state index in [0.29, 0.717) is 24.8 Å². The first-order valence-corrected chi connectivity index (χ1v) is 8.56. The second-order valence-corrected chi connectivity index (χ2v) is 6.35. The van der Waals surface area contributed by atoms with Crippen LogP contribution in [0.2, 0.25) is 0 Å². The number of rotatable bonds is 6. The van der Waals surface area contributed by atoms with Gasteiger partial charge in [0.25, 0.3) is 0 Å². The van der Waals surface area contributed by atoms with Gasteiger partial charge in [-0.05, 0) is 43.6 Å². The summed E-state index contributed by atoms with van der Waals surface area (Å²) in [4.78, 5) is 18.9. The number of hydrogen-bond donors (Lipinski definition) is 1. The number of aromatic nitrogens is 2. The molecule has 1 aromatic carbocycles. The van der Waals surface area contributed by atoms with Crippen molar-refractivity contribution in [2.45, 2.75) is 32.9 Å². The van der Waals surface area contributed by atoms with Crippen LogP contribution in [0.5, 0.6) is 5.75 Å². The highest BCUT2D eigenvalue weighted by Crippen LogP contribution is 2.19. The van der Waals surface area contributed by atoms with Crippen LogP contribution in [-0.4, -0.2) is 41.1 Å². The third kappa shape index (κ3) is 4.79. The molecule has 1 saturated heterocycles. The Morgan fingerprint density at radius 1 is 1.32 bits per heavy atom. The Hall–Kier alpha value is -2.41. The lowest BCUT2D eigenvalue weighted by atomic mass is 9.96. The van der Waals surface area contributed by atoms with Crippen molar-refractivity contribution in [2.24, 2.45) is 5.92 Å². The van der Waals surface area contributed by atoms with Gasteiger partial charge in [0.05, 0.1) is 13.7 Å². The molecule has 1 aliphatic heterocycles. The molecule has 1 fully saturated rings. The Morgan fingerprint density at radius 3 is 2.64 bits per heavy atom. The molecular formula is C18H24N4O3. The number of amides is 1. The second-order valence-electron chi connectivity index (χ2n) is 6.35. The highest BCUT2D eigenvalue weighted by atomic mass is 16.5. The van der Waals surface area contributed by atoms with E-state index in [2.05, 4.69) is 20.4 Å². The number of piperidine rings is 1. The molecule has 0 radical (unpaired) electrons. The van der Waals surface area contributed by atoms with Gasteiger partial charge in [-0.1, -0.05) is 17.3 Å². The van der Waals surface area contributed by atoms with Crippen molar-refractivity contribution < 1.29 is 14.1 Å². The largest absolute Gasteiger partial charge is 0.497 e. The summed E-state index contributed by atoms with van der Waals surface area (Å²) in [5, 5.41) is 6.96.